The molecule has 1 aromatic carbocycles. The molecule has 2 aromatic rings. The Morgan fingerprint density at radius 3 is 2.10 bits per heavy atom. The summed E-state index contributed by atoms with van der Waals surface area (Å²) in [4.78, 5) is 4.30. The van der Waals surface area contributed by atoms with Crippen LogP contribution in [0.3, 0.4) is 0 Å². The van der Waals surface area contributed by atoms with Gasteiger partial charge < -0.3 is 5.32 Å². The molecule has 0 spiro atoms. The van der Waals surface area contributed by atoms with Gasteiger partial charge in [-0.05, 0) is 37.0 Å². The number of anilines is 1. The van der Waals surface area contributed by atoms with Crippen LogP contribution >= 0.6 is 0 Å². The molecule has 0 aliphatic heterocycles. The lowest BCUT2D eigenvalue weighted by molar-refractivity contribution is 0.983. The van der Waals surface area contributed by atoms with Crippen molar-refractivity contribution in [1.82, 2.24) is 4.98 Å². The highest BCUT2D eigenvalue weighted by molar-refractivity contribution is 5.36. The highest BCUT2D eigenvalue weighted by Gasteiger charge is 2.12. The molecule has 20 heavy (non-hydrogen) atoms. The molecule has 0 radical (unpaired) electrons. The Morgan fingerprint density at radius 2 is 1.60 bits per heavy atom. The molecular weight excluding hydrogens is 244 g/mol. The van der Waals surface area contributed by atoms with Crippen LogP contribution in [0.5, 0.6) is 0 Å². The first kappa shape index (κ1) is 14.6. The molecule has 1 saturated carbocycles. The Bertz CT molecular complexity index is 465. The summed E-state index contributed by atoms with van der Waals surface area (Å²) >= 11 is 0. The Morgan fingerprint density at radius 1 is 1.00 bits per heavy atom. The van der Waals surface area contributed by atoms with Gasteiger partial charge in [0.2, 0.25) is 0 Å². The van der Waals surface area contributed by atoms with Crippen LogP contribution in [0.15, 0.2) is 42.6 Å². The van der Waals surface area contributed by atoms with Crippen molar-refractivity contribution in [3.63, 3.8) is 0 Å². The highest BCUT2D eigenvalue weighted by Crippen LogP contribution is 2.26. The van der Waals surface area contributed by atoms with Gasteiger partial charge >= 0.3 is 0 Å². The molecule has 2 heteroatoms. The fourth-order valence-corrected chi connectivity index (χ4v) is 1.64. The van der Waals surface area contributed by atoms with Gasteiger partial charge in [0.25, 0.3) is 0 Å². The summed E-state index contributed by atoms with van der Waals surface area (Å²) in [6.07, 6.45) is 4.84. The molecule has 1 aliphatic carbocycles. The topological polar surface area (TPSA) is 24.9 Å². The zero-order valence-electron chi connectivity index (χ0n) is 12.7. The SMILES string of the molecule is CC1CC1.Cc1ccc(CNc2ccc(C)cn2)cc1. The van der Waals surface area contributed by atoms with Crippen LogP contribution < -0.4 is 5.32 Å². The lowest BCUT2D eigenvalue weighted by atomic mass is 10.1. The summed E-state index contributed by atoms with van der Waals surface area (Å²) in [6.45, 7) is 7.23. The van der Waals surface area contributed by atoms with Crippen LogP contribution in [0.4, 0.5) is 5.82 Å². The lowest BCUT2D eigenvalue weighted by Gasteiger charge is -2.06. The van der Waals surface area contributed by atoms with E-state index >= 15 is 0 Å². The second-order valence-corrected chi connectivity index (χ2v) is 5.74. The van der Waals surface area contributed by atoms with Crippen LogP contribution in [0, 0.1) is 19.8 Å². The van der Waals surface area contributed by atoms with Crippen molar-refractivity contribution in [3.05, 3.63) is 59.3 Å². The number of benzene rings is 1. The number of aryl methyl sites for hydroxylation is 2. The molecule has 1 N–H and O–H groups in total. The number of pyridine rings is 1. The minimum absolute atomic E-state index is 0.816. The maximum absolute atomic E-state index is 4.30. The van der Waals surface area contributed by atoms with Gasteiger partial charge in [0, 0.05) is 12.7 Å². The van der Waals surface area contributed by atoms with Crippen LogP contribution in [0.25, 0.3) is 0 Å². The van der Waals surface area contributed by atoms with E-state index < -0.39 is 0 Å². The van der Waals surface area contributed by atoms with Crippen molar-refractivity contribution in [2.24, 2.45) is 5.92 Å². The standard InChI is InChI=1S/C14H16N2.C4H8/c1-11-3-6-13(7-4-11)10-16-14-8-5-12(2)9-15-14;1-4-2-3-4/h3-9H,10H2,1-2H3,(H,15,16);4H,2-3H2,1H3. The maximum atomic E-state index is 4.30. The first-order valence-corrected chi connectivity index (χ1v) is 7.35. The Balaban J connectivity index is 0.000000315. The molecule has 0 unspecified atom stereocenters. The summed E-state index contributed by atoms with van der Waals surface area (Å²) in [7, 11) is 0. The summed E-state index contributed by atoms with van der Waals surface area (Å²) in [5.41, 5.74) is 3.74. The third kappa shape index (κ3) is 5.43. The molecular formula is C18H24N2. The summed E-state index contributed by atoms with van der Waals surface area (Å²) in [5.74, 6) is 2.01. The fraction of sp³-hybridized carbons (Fsp3) is 0.389. The molecule has 1 heterocycles. The van der Waals surface area contributed by atoms with Gasteiger partial charge in [-0.25, -0.2) is 4.98 Å². The normalized spacial score (nSPS) is 13.3. The smallest absolute Gasteiger partial charge is 0.126 e. The van der Waals surface area contributed by atoms with Crippen LogP contribution in [0.1, 0.15) is 36.5 Å². The number of hydrogen-bond donors (Lipinski definition) is 1. The van der Waals surface area contributed by atoms with Gasteiger partial charge in [0.15, 0.2) is 0 Å². The predicted octanol–water partition coefficient (Wildman–Crippen LogP) is 4.73. The number of nitrogens with zero attached hydrogens (tertiary/aromatic N) is 1. The molecule has 0 atom stereocenters. The highest BCUT2D eigenvalue weighted by atomic mass is 15.0. The molecule has 1 fully saturated rings. The van der Waals surface area contributed by atoms with E-state index in [1.54, 1.807) is 0 Å². The summed E-state index contributed by atoms with van der Waals surface area (Å²) in [6, 6.07) is 12.6. The number of hydrogen-bond acceptors (Lipinski definition) is 2. The van der Waals surface area contributed by atoms with E-state index in [9.17, 15) is 0 Å². The Hall–Kier alpha value is -1.83. The summed E-state index contributed by atoms with van der Waals surface area (Å²) < 4.78 is 0. The van der Waals surface area contributed by atoms with Crippen molar-refractivity contribution >= 4 is 5.82 Å². The molecule has 0 saturated heterocycles. The average molecular weight is 268 g/mol. The van der Waals surface area contributed by atoms with Gasteiger partial charge in [-0.3, -0.25) is 0 Å². The molecule has 0 amide bonds. The van der Waals surface area contributed by atoms with Crippen molar-refractivity contribution in [1.29, 1.82) is 0 Å². The van der Waals surface area contributed by atoms with E-state index in [1.807, 2.05) is 19.2 Å². The quantitative estimate of drug-likeness (QED) is 0.870. The maximum Gasteiger partial charge on any atom is 0.126 e. The van der Waals surface area contributed by atoms with Crippen molar-refractivity contribution in [2.75, 3.05) is 5.32 Å². The third-order valence-electron chi connectivity index (χ3n) is 3.37. The van der Waals surface area contributed by atoms with Crippen LogP contribution in [0.2, 0.25) is 0 Å². The second kappa shape index (κ2) is 7.09. The number of aromatic nitrogens is 1. The first-order valence-electron chi connectivity index (χ1n) is 7.35. The fourth-order valence-electron chi connectivity index (χ4n) is 1.64. The molecule has 2 nitrogen and oxygen atoms in total. The van der Waals surface area contributed by atoms with Crippen LogP contribution in [-0.2, 0) is 6.54 Å². The molecule has 1 aromatic heterocycles. The van der Waals surface area contributed by atoms with E-state index in [4.69, 9.17) is 0 Å². The molecule has 0 bridgehead atoms. The summed E-state index contributed by atoms with van der Waals surface area (Å²) in [5, 5.41) is 3.30. The molecule has 106 valence electrons. The van der Waals surface area contributed by atoms with Gasteiger partial charge in [0.1, 0.15) is 5.82 Å². The van der Waals surface area contributed by atoms with Crippen molar-refractivity contribution in [2.45, 2.75) is 40.2 Å². The monoisotopic (exact) mass is 268 g/mol. The minimum Gasteiger partial charge on any atom is -0.366 e. The lowest BCUT2D eigenvalue weighted by Crippen LogP contribution is -2.00. The third-order valence-corrected chi connectivity index (χ3v) is 3.37. The minimum atomic E-state index is 0.816. The zero-order chi connectivity index (χ0) is 14.4. The molecule has 1 aliphatic rings. The first-order chi connectivity index (χ1) is 9.63. The zero-order valence-corrected chi connectivity index (χ0v) is 12.7. The number of rotatable bonds is 3. The second-order valence-electron chi connectivity index (χ2n) is 5.74. The van der Waals surface area contributed by atoms with Crippen molar-refractivity contribution < 1.29 is 0 Å². The molecule has 3 rings (SSSR count). The van der Waals surface area contributed by atoms with E-state index in [0.717, 1.165) is 18.3 Å². The van der Waals surface area contributed by atoms with Gasteiger partial charge in [-0.1, -0.05) is 55.7 Å². The Kier molecular flexibility index (Phi) is 5.16. The van der Waals surface area contributed by atoms with Gasteiger partial charge in [-0.2, -0.15) is 0 Å². The number of nitrogens with one attached hydrogen (secondary N) is 1. The van der Waals surface area contributed by atoms with E-state index in [1.165, 1.54) is 29.5 Å². The van der Waals surface area contributed by atoms with E-state index in [2.05, 4.69) is 54.5 Å². The van der Waals surface area contributed by atoms with Crippen molar-refractivity contribution in [3.8, 4) is 0 Å². The predicted molar refractivity (Wildman–Crippen MR) is 85.9 cm³/mol. The average Bonchev–Trinajstić information content (AvgIpc) is 3.23. The van der Waals surface area contributed by atoms with E-state index in [0.29, 0.717) is 0 Å². The largest absolute Gasteiger partial charge is 0.366 e. The van der Waals surface area contributed by atoms with Crippen LogP contribution in [-0.4, -0.2) is 4.98 Å². The van der Waals surface area contributed by atoms with Gasteiger partial charge in [0.05, 0.1) is 0 Å². The Labute approximate surface area is 122 Å². The van der Waals surface area contributed by atoms with E-state index in [-0.39, 0.29) is 0 Å². The van der Waals surface area contributed by atoms with Gasteiger partial charge in [-0.15, -0.1) is 0 Å².